The molecule has 0 amide bonds. The molecule has 0 bridgehead atoms. The van der Waals surface area contributed by atoms with Gasteiger partial charge >= 0.3 is 5.97 Å². The van der Waals surface area contributed by atoms with Gasteiger partial charge in [-0.3, -0.25) is 4.79 Å². The summed E-state index contributed by atoms with van der Waals surface area (Å²) >= 11 is 7.09. The van der Waals surface area contributed by atoms with E-state index in [1.165, 1.54) is 11.3 Å². The summed E-state index contributed by atoms with van der Waals surface area (Å²) in [6, 6.07) is 1.69. The number of rotatable bonds is 4. The second-order valence-corrected chi connectivity index (χ2v) is 3.94. The van der Waals surface area contributed by atoms with E-state index in [0.29, 0.717) is 9.90 Å². The van der Waals surface area contributed by atoms with Gasteiger partial charge in [0, 0.05) is 6.42 Å². The molecule has 13 heavy (non-hydrogen) atoms. The number of aliphatic carboxylic acids is 1. The van der Waals surface area contributed by atoms with E-state index in [9.17, 15) is 9.90 Å². The van der Waals surface area contributed by atoms with Gasteiger partial charge < -0.3 is 10.2 Å². The van der Waals surface area contributed by atoms with E-state index in [4.69, 9.17) is 16.7 Å². The molecule has 1 aromatic rings. The predicted octanol–water partition coefficient (Wildman–Crippen LogP) is 2.30. The first-order valence-electron chi connectivity index (χ1n) is 3.74. The molecule has 1 rings (SSSR count). The lowest BCUT2D eigenvalue weighted by Crippen LogP contribution is -2.01. The van der Waals surface area contributed by atoms with Gasteiger partial charge in [0.2, 0.25) is 0 Å². The molecule has 1 atom stereocenters. The second kappa shape index (κ2) is 4.60. The minimum atomic E-state index is -0.910. The summed E-state index contributed by atoms with van der Waals surface area (Å²) in [5.41, 5.74) is 0. The molecule has 0 aliphatic rings. The Balaban J connectivity index is 2.53. The number of aliphatic hydroxyl groups excluding tert-OH is 1. The molecule has 0 saturated heterocycles. The molecule has 0 aliphatic carbocycles. The zero-order chi connectivity index (χ0) is 9.84. The van der Waals surface area contributed by atoms with Gasteiger partial charge in [0.15, 0.2) is 0 Å². The molecule has 1 unspecified atom stereocenters. The standard InChI is InChI=1S/C8H9ClO3S/c9-5-3-4-13-8(5)6(10)1-2-7(11)12/h3-4,6,10H,1-2H2,(H,11,12). The highest BCUT2D eigenvalue weighted by Gasteiger charge is 2.13. The van der Waals surface area contributed by atoms with Crippen molar-refractivity contribution in [1.82, 2.24) is 0 Å². The normalized spacial score (nSPS) is 12.8. The zero-order valence-electron chi connectivity index (χ0n) is 6.74. The second-order valence-electron chi connectivity index (χ2n) is 2.58. The Kier molecular flexibility index (Phi) is 3.71. The number of halogens is 1. The maximum absolute atomic E-state index is 10.2. The summed E-state index contributed by atoms with van der Waals surface area (Å²) in [6.07, 6.45) is -0.603. The fraction of sp³-hybridized carbons (Fsp3) is 0.375. The predicted molar refractivity (Wildman–Crippen MR) is 51.2 cm³/mol. The number of hydrogen-bond donors (Lipinski definition) is 2. The Hall–Kier alpha value is -0.580. The van der Waals surface area contributed by atoms with E-state index < -0.39 is 12.1 Å². The largest absolute Gasteiger partial charge is 0.481 e. The SMILES string of the molecule is O=C(O)CCC(O)c1sccc1Cl. The summed E-state index contributed by atoms with van der Waals surface area (Å²) in [4.78, 5) is 10.9. The van der Waals surface area contributed by atoms with Crippen molar-refractivity contribution in [3.63, 3.8) is 0 Å². The lowest BCUT2D eigenvalue weighted by atomic mass is 10.2. The van der Waals surface area contributed by atoms with Crippen LogP contribution in [0.4, 0.5) is 0 Å². The van der Waals surface area contributed by atoms with Crippen LogP contribution >= 0.6 is 22.9 Å². The van der Waals surface area contributed by atoms with Gasteiger partial charge in [-0.05, 0) is 17.9 Å². The highest BCUT2D eigenvalue weighted by molar-refractivity contribution is 7.10. The van der Waals surface area contributed by atoms with Gasteiger partial charge in [-0.1, -0.05) is 11.6 Å². The van der Waals surface area contributed by atoms with Crippen LogP contribution in [0.25, 0.3) is 0 Å². The van der Waals surface area contributed by atoms with Crippen molar-refractivity contribution < 1.29 is 15.0 Å². The lowest BCUT2D eigenvalue weighted by molar-refractivity contribution is -0.137. The first kappa shape index (κ1) is 10.5. The fourth-order valence-corrected chi connectivity index (χ4v) is 2.14. The van der Waals surface area contributed by atoms with E-state index in [1.54, 1.807) is 11.4 Å². The van der Waals surface area contributed by atoms with E-state index in [-0.39, 0.29) is 12.8 Å². The highest BCUT2D eigenvalue weighted by Crippen LogP contribution is 2.30. The first-order valence-corrected chi connectivity index (χ1v) is 4.99. The van der Waals surface area contributed by atoms with Gasteiger partial charge in [0.05, 0.1) is 16.0 Å². The number of thiophene rings is 1. The Morgan fingerprint density at radius 1 is 1.69 bits per heavy atom. The van der Waals surface area contributed by atoms with Crippen LogP contribution < -0.4 is 0 Å². The third-order valence-corrected chi connectivity index (χ3v) is 3.04. The fourth-order valence-electron chi connectivity index (χ4n) is 0.934. The number of carboxylic acids is 1. The maximum Gasteiger partial charge on any atom is 0.303 e. The van der Waals surface area contributed by atoms with Crippen molar-refractivity contribution in [3.05, 3.63) is 21.3 Å². The minimum absolute atomic E-state index is 0.0462. The molecular formula is C8H9ClO3S. The molecule has 2 N–H and O–H groups in total. The maximum atomic E-state index is 10.2. The zero-order valence-corrected chi connectivity index (χ0v) is 8.31. The average molecular weight is 221 g/mol. The number of hydrogen-bond acceptors (Lipinski definition) is 3. The van der Waals surface area contributed by atoms with Crippen molar-refractivity contribution in [2.75, 3.05) is 0 Å². The van der Waals surface area contributed by atoms with Crippen LogP contribution in [0.5, 0.6) is 0 Å². The smallest absolute Gasteiger partial charge is 0.303 e. The van der Waals surface area contributed by atoms with Crippen LogP contribution in [0.3, 0.4) is 0 Å². The summed E-state index contributed by atoms with van der Waals surface area (Å²) < 4.78 is 0. The lowest BCUT2D eigenvalue weighted by Gasteiger charge is -2.06. The van der Waals surface area contributed by atoms with Crippen molar-refractivity contribution in [2.24, 2.45) is 0 Å². The molecule has 0 fully saturated rings. The van der Waals surface area contributed by atoms with Gasteiger partial charge in [-0.15, -0.1) is 11.3 Å². The molecular weight excluding hydrogens is 212 g/mol. The van der Waals surface area contributed by atoms with Crippen molar-refractivity contribution in [1.29, 1.82) is 0 Å². The Bertz CT molecular complexity index is 297. The average Bonchev–Trinajstić information content (AvgIpc) is 2.47. The highest BCUT2D eigenvalue weighted by atomic mass is 35.5. The monoisotopic (exact) mass is 220 g/mol. The molecule has 0 saturated carbocycles. The van der Waals surface area contributed by atoms with Crippen LogP contribution in [0.1, 0.15) is 23.8 Å². The molecule has 0 aromatic carbocycles. The van der Waals surface area contributed by atoms with Crippen LogP contribution in [0.15, 0.2) is 11.4 Å². The van der Waals surface area contributed by atoms with Crippen LogP contribution in [0.2, 0.25) is 5.02 Å². The Morgan fingerprint density at radius 3 is 2.85 bits per heavy atom. The third-order valence-electron chi connectivity index (χ3n) is 1.58. The van der Waals surface area contributed by atoms with E-state index in [1.807, 2.05) is 0 Å². The summed E-state index contributed by atoms with van der Waals surface area (Å²) in [7, 11) is 0. The topological polar surface area (TPSA) is 57.5 Å². The van der Waals surface area contributed by atoms with Gasteiger partial charge in [0.1, 0.15) is 0 Å². The molecule has 5 heteroatoms. The third kappa shape index (κ3) is 2.99. The van der Waals surface area contributed by atoms with Crippen molar-refractivity contribution >= 4 is 28.9 Å². The minimum Gasteiger partial charge on any atom is -0.481 e. The molecule has 1 aromatic heterocycles. The molecule has 72 valence electrons. The van der Waals surface area contributed by atoms with Crippen LogP contribution in [0, 0.1) is 0 Å². The van der Waals surface area contributed by atoms with Gasteiger partial charge in [-0.25, -0.2) is 0 Å². The summed E-state index contributed by atoms with van der Waals surface area (Å²) in [6.45, 7) is 0. The summed E-state index contributed by atoms with van der Waals surface area (Å²) in [5, 5.41) is 20.2. The number of aliphatic hydroxyl groups is 1. The molecule has 1 heterocycles. The Labute approximate surface area is 84.6 Å². The number of carbonyl (C=O) groups is 1. The van der Waals surface area contributed by atoms with Gasteiger partial charge in [-0.2, -0.15) is 0 Å². The molecule has 3 nitrogen and oxygen atoms in total. The summed E-state index contributed by atoms with van der Waals surface area (Å²) in [5.74, 6) is -0.910. The van der Waals surface area contributed by atoms with E-state index in [0.717, 1.165) is 0 Å². The van der Waals surface area contributed by atoms with Crippen LogP contribution in [-0.4, -0.2) is 16.2 Å². The quantitative estimate of drug-likeness (QED) is 0.819. The van der Waals surface area contributed by atoms with Crippen molar-refractivity contribution in [3.8, 4) is 0 Å². The molecule has 0 radical (unpaired) electrons. The van der Waals surface area contributed by atoms with E-state index in [2.05, 4.69) is 0 Å². The number of carboxylic acid groups (broad SMARTS) is 1. The van der Waals surface area contributed by atoms with Gasteiger partial charge in [0.25, 0.3) is 0 Å². The first-order chi connectivity index (χ1) is 6.11. The van der Waals surface area contributed by atoms with Crippen molar-refractivity contribution in [2.45, 2.75) is 18.9 Å². The van der Waals surface area contributed by atoms with E-state index >= 15 is 0 Å². The van der Waals surface area contributed by atoms with Crippen LogP contribution in [-0.2, 0) is 4.79 Å². The molecule has 0 aliphatic heterocycles. The molecule has 0 spiro atoms. The Morgan fingerprint density at radius 2 is 2.38 bits per heavy atom.